The van der Waals surface area contributed by atoms with Gasteiger partial charge in [-0.2, -0.15) is 0 Å². The SMILES string of the molecule is CCCC1CCC(CCC2CCC(C(=O)OCC)CC2)CC1. The van der Waals surface area contributed by atoms with Crippen molar-refractivity contribution in [2.24, 2.45) is 23.7 Å². The third kappa shape index (κ3) is 5.59. The maximum Gasteiger partial charge on any atom is 0.308 e. The van der Waals surface area contributed by atoms with E-state index in [1.807, 2.05) is 6.92 Å². The molecule has 0 aromatic rings. The van der Waals surface area contributed by atoms with E-state index in [2.05, 4.69) is 6.92 Å². The second-order valence-corrected chi connectivity index (χ2v) is 7.72. The number of carbonyl (C=O) groups is 1. The molecule has 0 radical (unpaired) electrons. The van der Waals surface area contributed by atoms with E-state index in [1.54, 1.807) is 0 Å². The summed E-state index contributed by atoms with van der Waals surface area (Å²) in [5.41, 5.74) is 0. The lowest BCUT2D eigenvalue weighted by molar-refractivity contribution is -0.149. The van der Waals surface area contributed by atoms with Gasteiger partial charge in [0.15, 0.2) is 0 Å². The Balaban J connectivity index is 1.58. The molecule has 22 heavy (non-hydrogen) atoms. The molecule has 2 aliphatic carbocycles. The van der Waals surface area contributed by atoms with E-state index in [-0.39, 0.29) is 11.9 Å². The highest BCUT2D eigenvalue weighted by atomic mass is 16.5. The Morgan fingerprint density at radius 2 is 1.23 bits per heavy atom. The Hall–Kier alpha value is -0.530. The number of carbonyl (C=O) groups excluding carboxylic acids is 1. The maximum atomic E-state index is 11.8. The van der Waals surface area contributed by atoms with Crippen LogP contribution >= 0.6 is 0 Å². The molecule has 0 aliphatic heterocycles. The fraction of sp³-hybridized carbons (Fsp3) is 0.950. The third-order valence-electron chi connectivity index (χ3n) is 6.11. The van der Waals surface area contributed by atoms with E-state index in [0.717, 1.165) is 30.6 Å². The molecule has 2 fully saturated rings. The number of esters is 1. The van der Waals surface area contributed by atoms with E-state index < -0.39 is 0 Å². The predicted molar refractivity (Wildman–Crippen MR) is 91.7 cm³/mol. The smallest absolute Gasteiger partial charge is 0.308 e. The number of rotatable bonds is 7. The fourth-order valence-electron chi connectivity index (χ4n) is 4.64. The van der Waals surface area contributed by atoms with Crippen LogP contribution in [0.4, 0.5) is 0 Å². The molecular formula is C20H36O2. The van der Waals surface area contributed by atoms with Crippen LogP contribution in [0.15, 0.2) is 0 Å². The highest BCUT2D eigenvalue weighted by Crippen LogP contribution is 2.37. The Labute approximate surface area is 137 Å². The van der Waals surface area contributed by atoms with E-state index in [1.165, 1.54) is 64.2 Å². The van der Waals surface area contributed by atoms with Crippen LogP contribution in [0, 0.1) is 23.7 Å². The van der Waals surface area contributed by atoms with Crippen LogP contribution in [0.2, 0.25) is 0 Å². The zero-order valence-electron chi connectivity index (χ0n) is 14.8. The topological polar surface area (TPSA) is 26.3 Å². The monoisotopic (exact) mass is 308 g/mol. The standard InChI is InChI=1S/C20H36O2/c1-3-5-16-6-8-17(9-7-16)10-11-18-12-14-19(15-13-18)20(21)22-4-2/h16-19H,3-15H2,1-2H3. The van der Waals surface area contributed by atoms with Crippen LogP contribution in [0.5, 0.6) is 0 Å². The average Bonchev–Trinajstić information content (AvgIpc) is 2.55. The molecular weight excluding hydrogens is 272 g/mol. The van der Waals surface area contributed by atoms with Crippen molar-refractivity contribution in [3.63, 3.8) is 0 Å². The molecule has 2 aliphatic rings. The lowest BCUT2D eigenvalue weighted by Gasteiger charge is -2.31. The van der Waals surface area contributed by atoms with E-state index in [0.29, 0.717) is 6.61 Å². The van der Waals surface area contributed by atoms with Gasteiger partial charge in [0.1, 0.15) is 0 Å². The molecule has 2 heteroatoms. The first-order chi connectivity index (χ1) is 10.7. The molecule has 2 nitrogen and oxygen atoms in total. The van der Waals surface area contributed by atoms with Gasteiger partial charge in [0, 0.05) is 0 Å². The number of hydrogen-bond acceptors (Lipinski definition) is 2. The van der Waals surface area contributed by atoms with Crippen molar-refractivity contribution >= 4 is 5.97 Å². The molecule has 0 amide bonds. The summed E-state index contributed by atoms with van der Waals surface area (Å²) < 4.78 is 5.16. The van der Waals surface area contributed by atoms with Crippen molar-refractivity contribution in [1.82, 2.24) is 0 Å². The van der Waals surface area contributed by atoms with Gasteiger partial charge >= 0.3 is 5.97 Å². The molecule has 2 saturated carbocycles. The van der Waals surface area contributed by atoms with Gasteiger partial charge in [-0.1, -0.05) is 58.3 Å². The Bertz CT molecular complexity index is 310. The summed E-state index contributed by atoms with van der Waals surface area (Å²) in [6.45, 7) is 4.75. The van der Waals surface area contributed by atoms with Gasteiger partial charge in [-0.05, 0) is 50.4 Å². The van der Waals surface area contributed by atoms with Crippen molar-refractivity contribution in [2.75, 3.05) is 6.61 Å². The summed E-state index contributed by atoms with van der Waals surface area (Å²) in [7, 11) is 0. The molecule has 128 valence electrons. The predicted octanol–water partition coefficient (Wildman–Crippen LogP) is 5.74. The highest BCUT2D eigenvalue weighted by Gasteiger charge is 2.28. The zero-order valence-corrected chi connectivity index (χ0v) is 14.8. The van der Waals surface area contributed by atoms with Crippen LogP contribution in [0.25, 0.3) is 0 Å². The molecule has 0 spiro atoms. The van der Waals surface area contributed by atoms with Gasteiger partial charge in [-0.15, -0.1) is 0 Å². The van der Waals surface area contributed by atoms with Crippen molar-refractivity contribution in [3.05, 3.63) is 0 Å². The molecule has 0 bridgehead atoms. The van der Waals surface area contributed by atoms with Gasteiger partial charge in [0.25, 0.3) is 0 Å². The first kappa shape index (κ1) is 17.8. The summed E-state index contributed by atoms with van der Waals surface area (Å²) in [6, 6.07) is 0. The molecule has 0 heterocycles. The average molecular weight is 309 g/mol. The Kier molecular flexibility index (Phi) is 7.75. The largest absolute Gasteiger partial charge is 0.466 e. The normalized spacial score (nSPS) is 32.6. The number of ether oxygens (including phenoxy) is 1. The van der Waals surface area contributed by atoms with Crippen LogP contribution in [0.3, 0.4) is 0 Å². The molecule has 2 rings (SSSR count). The fourth-order valence-corrected chi connectivity index (χ4v) is 4.64. The highest BCUT2D eigenvalue weighted by molar-refractivity contribution is 5.72. The Morgan fingerprint density at radius 3 is 1.68 bits per heavy atom. The van der Waals surface area contributed by atoms with Gasteiger partial charge in [-0.3, -0.25) is 4.79 Å². The summed E-state index contributed by atoms with van der Waals surface area (Å²) in [6.07, 6.45) is 16.2. The van der Waals surface area contributed by atoms with Crippen LogP contribution in [-0.4, -0.2) is 12.6 Å². The molecule has 0 N–H and O–H groups in total. The van der Waals surface area contributed by atoms with Crippen LogP contribution in [0.1, 0.15) is 90.9 Å². The minimum absolute atomic E-state index is 0.0511. The molecule has 0 unspecified atom stereocenters. The summed E-state index contributed by atoms with van der Waals surface area (Å²) in [4.78, 5) is 11.8. The first-order valence-electron chi connectivity index (χ1n) is 9.89. The summed E-state index contributed by atoms with van der Waals surface area (Å²) in [5, 5.41) is 0. The third-order valence-corrected chi connectivity index (χ3v) is 6.11. The van der Waals surface area contributed by atoms with Crippen molar-refractivity contribution in [1.29, 1.82) is 0 Å². The van der Waals surface area contributed by atoms with Gasteiger partial charge in [0.05, 0.1) is 12.5 Å². The van der Waals surface area contributed by atoms with E-state index in [4.69, 9.17) is 4.74 Å². The molecule has 0 saturated heterocycles. The summed E-state index contributed by atoms with van der Waals surface area (Å²) in [5.74, 6) is 3.15. The quantitative estimate of drug-likeness (QED) is 0.560. The first-order valence-corrected chi connectivity index (χ1v) is 9.89. The van der Waals surface area contributed by atoms with Crippen molar-refractivity contribution in [2.45, 2.75) is 90.9 Å². The molecule has 0 aromatic heterocycles. The van der Waals surface area contributed by atoms with E-state index in [9.17, 15) is 4.79 Å². The van der Waals surface area contributed by atoms with Gasteiger partial charge in [-0.25, -0.2) is 0 Å². The zero-order chi connectivity index (χ0) is 15.8. The number of hydrogen-bond donors (Lipinski definition) is 0. The minimum atomic E-state index is 0.0511. The van der Waals surface area contributed by atoms with Crippen molar-refractivity contribution < 1.29 is 9.53 Å². The second kappa shape index (κ2) is 9.57. The minimum Gasteiger partial charge on any atom is -0.466 e. The van der Waals surface area contributed by atoms with Gasteiger partial charge < -0.3 is 4.74 Å². The van der Waals surface area contributed by atoms with Crippen LogP contribution in [-0.2, 0) is 9.53 Å². The maximum absolute atomic E-state index is 11.8. The van der Waals surface area contributed by atoms with Crippen LogP contribution < -0.4 is 0 Å². The lowest BCUT2D eigenvalue weighted by atomic mass is 9.75. The Morgan fingerprint density at radius 1 is 0.773 bits per heavy atom. The van der Waals surface area contributed by atoms with E-state index >= 15 is 0 Å². The second-order valence-electron chi connectivity index (χ2n) is 7.72. The molecule has 0 aromatic carbocycles. The summed E-state index contributed by atoms with van der Waals surface area (Å²) >= 11 is 0. The lowest BCUT2D eigenvalue weighted by Crippen LogP contribution is -2.24. The molecule has 0 atom stereocenters. The van der Waals surface area contributed by atoms with Crippen molar-refractivity contribution in [3.8, 4) is 0 Å². The van der Waals surface area contributed by atoms with Gasteiger partial charge in [0.2, 0.25) is 0 Å².